The molecule has 2 N–H and O–H groups in total. The Morgan fingerprint density at radius 2 is 1.95 bits per heavy atom. The highest BCUT2D eigenvalue weighted by Crippen LogP contribution is 2.20. The molecule has 3 aromatic rings. The Morgan fingerprint density at radius 3 is 2.74 bits per heavy atom. The molecule has 3 rings (SSSR count). The molecule has 0 atom stereocenters. The van der Waals surface area contributed by atoms with Crippen LogP contribution in [0.25, 0.3) is 11.4 Å². The van der Waals surface area contributed by atoms with Crippen molar-refractivity contribution in [3.8, 4) is 11.4 Å². The summed E-state index contributed by atoms with van der Waals surface area (Å²) in [5.41, 5.74) is 8.58. The minimum absolute atomic E-state index is 0.699. The zero-order chi connectivity index (χ0) is 13.1. The molecule has 2 heterocycles. The molecular weight excluding hydrogens is 236 g/mol. The molecule has 0 unspecified atom stereocenters. The Labute approximate surface area is 111 Å². The van der Waals surface area contributed by atoms with Gasteiger partial charge < -0.3 is 10.3 Å². The van der Waals surface area contributed by atoms with Gasteiger partial charge in [0.25, 0.3) is 0 Å². The monoisotopic (exact) mass is 250 g/mol. The second-order valence-electron chi connectivity index (χ2n) is 4.33. The Morgan fingerprint density at radius 1 is 1.00 bits per heavy atom. The number of hydrogen-bond acceptors (Lipinski definition) is 3. The maximum absolute atomic E-state index is 5.82. The number of nitrogen functional groups attached to an aromatic ring is 1. The number of benzene rings is 1. The van der Waals surface area contributed by atoms with Crippen molar-refractivity contribution >= 4 is 5.69 Å². The van der Waals surface area contributed by atoms with Gasteiger partial charge in [-0.3, -0.25) is 4.98 Å². The normalized spacial score (nSPS) is 10.5. The van der Waals surface area contributed by atoms with E-state index in [0.29, 0.717) is 6.54 Å². The Bertz CT molecular complexity index is 673. The van der Waals surface area contributed by atoms with Gasteiger partial charge in [-0.25, -0.2) is 4.98 Å². The van der Waals surface area contributed by atoms with Crippen molar-refractivity contribution in [3.05, 3.63) is 66.7 Å². The van der Waals surface area contributed by atoms with Gasteiger partial charge in [0.2, 0.25) is 0 Å². The van der Waals surface area contributed by atoms with Crippen LogP contribution in [0.2, 0.25) is 0 Å². The highest BCUT2D eigenvalue weighted by molar-refractivity contribution is 5.61. The summed E-state index contributed by atoms with van der Waals surface area (Å²) in [7, 11) is 0. The molecule has 0 amide bonds. The lowest BCUT2D eigenvalue weighted by atomic mass is 10.2. The molecular formula is C15H14N4. The third-order valence-electron chi connectivity index (χ3n) is 2.92. The van der Waals surface area contributed by atoms with E-state index in [0.717, 1.165) is 22.8 Å². The van der Waals surface area contributed by atoms with Crippen molar-refractivity contribution in [2.75, 3.05) is 5.73 Å². The summed E-state index contributed by atoms with van der Waals surface area (Å²) in [6.45, 7) is 0.699. The lowest BCUT2D eigenvalue weighted by molar-refractivity contribution is 0.782. The Kier molecular flexibility index (Phi) is 2.98. The molecule has 0 fully saturated rings. The first-order valence-corrected chi connectivity index (χ1v) is 6.10. The summed E-state index contributed by atoms with van der Waals surface area (Å²) in [5, 5.41) is 0. The van der Waals surface area contributed by atoms with Gasteiger partial charge in [-0.05, 0) is 24.3 Å². The number of anilines is 1. The largest absolute Gasteiger partial charge is 0.399 e. The summed E-state index contributed by atoms with van der Waals surface area (Å²) in [6.07, 6.45) is 5.54. The number of aromatic nitrogens is 3. The van der Waals surface area contributed by atoms with E-state index in [1.165, 1.54) is 0 Å². The number of nitrogens with zero attached hydrogens (tertiary/aromatic N) is 3. The molecule has 2 aromatic heterocycles. The predicted octanol–water partition coefficient (Wildman–Crippen LogP) is 2.58. The zero-order valence-electron chi connectivity index (χ0n) is 10.4. The first kappa shape index (κ1) is 11.5. The molecule has 0 aliphatic heterocycles. The second-order valence-corrected chi connectivity index (χ2v) is 4.33. The van der Waals surface area contributed by atoms with Crippen LogP contribution < -0.4 is 5.73 Å². The van der Waals surface area contributed by atoms with Gasteiger partial charge in [-0.1, -0.05) is 18.2 Å². The standard InChI is InChI=1S/C15H14N4/c16-13-5-3-4-12(10-13)15-18-8-9-19(15)11-14-6-1-2-7-17-14/h1-10H,11,16H2. The minimum atomic E-state index is 0.699. The summed E-state index contributed by atoms with van der Waals surface area (Å²) in [4.78, 5) is 8.74. The summed E-state index contributed by atoms with van der Waals surface area (Å²) < 4.78 is 2.07. The van der Waals surface area contributed by atoms with Crippen molar-refractivity contribution in [1.82, 2.24) is 14.5 Å². The van der Waals surface area contributed by atoms with Crippen LogP contribution in [0.3, 0.4) is 0 Å². The van der Waals surface area contributed by atoms with Crippen LogP contribution in [-0.2, 0) is 6.54 Å². The lowest BCUT2D eigenvalue weighted by Gasteiger charge is -2.08. The molecule has 0 bridgehead atoms. The molecule has 0 saturated carbocycles. The second kappa shape index (κ2) is 4.94. The van der Waals surface area contributed by atoms with E-state index in [-0.39, 0.29) is 0 Å². The smallest absolute Gasteiger partial charge is 0.140 e. The fourth-order valence-electron chi connectivity index (χ4n) is 2.04. The van der Waals surface area contributed by atoms with E-state index in [1.54, 1.807) is 12.4 Å². The van der Waals surface area contributed by atoms with Gasteiger partial charge in [0.1, 0.15) is 5.82 Å². The van der Waals surface area contributed by atoms with Crippen LogP contribution in [0.5, 0.6) is 0 Å². The number of pyridine rings is 1. The Hall–Kier alpha value is -2.62. The van der Waals surface area contributed by atoms with E-state index >= 15 is 0 Å². The van der Waals surface area contributed by atoms with Gasteiger partial charge in [-0.2, -0.15) is 0 Å². The van der Waals surface area contributed by atoms with E-state index in [2.05, 4.69) is 14.5 Å². The summed E-state index contributed by atoms with van der Waals surface area (Å²) in [5.74, 6) is 0.901. The highest BCUT2D eigenvalue weighted by atomic mass is 15.1. The maximum Gasteiger partial charge on any atom is 0.140 e. The molecule has 1 aromatic carbocycles. The van der Waals surface area contributed by atoms with E-state index in [9.17, 15) is 0 Å². The first-order valence-electron chi connectivity index (χ1n) is 6.10. The fourth-order valence-corrected chi connectivity index (χ4v) is 2.04. The number of hydrogen-bond donors (Lipinski definition) is 1. The number of nitrogens with two attached hydrogens (primary N) is 1. The SMILES string of the molecule is Nc1cccc(-c2nccn2Cc2ccccn2)c1. The van der Waals surface area contributed by atoms with Crippen LogP contribution in [0.15, 0.2) is 61.1 Å². The fraction of sp³-hybridized carbons (Fsp3) is 0.0667. The van der Waals surface area contributed by atoms with Crippen molar-refractivity contribution in [2.45, 2.75) is 6.54 Å². The Balaban J connectivity index is 1.95. The van der Waals surface area contributed by atoms with Gasteiger partial charge >= 0.3 is 0 Å². The molecule has 4 heteroatoms. The third-order valence-corrected chi connectivity index (χ3v) is 2.92. The van der Waals surface area contributed by atoms with Crippen LogP contribution in [-0.4, -0.2) is 14.5 Å². The average Bonchev–Trinajstić information content (AvgIpc) is 2.88. The van der Waals surface area contributed by atoms with Crippen molar-refractivity contribution in [2.24, 2.45) is 0 Å². The van der Waals surface area contributed by atoms with Crippen LogP contribution in [0.4, 0.5) is 5.69 Å². The van der Waals surface area contributed by atoms with Gasteiger partial charge in [-0.15, -0.1) is 0 Å². The van der Waals surface area contributed by atoms with Crippen molar-refractivity contribution in [3.63, 3.8) is 0 Å². The van der Waals surface area contributed by atoms with E-state index in [4.69, 9.17) is 5.73 Å². The van der Waals surface area contributed by atoms with Crippen molar-refractivity contribution < 1.29 is 0 Å². The first-order chi connectivity index (χ1) is 9.33. The van der Waals surface area contributed by atoms with Gasteiger partial charge in [0.05, 0.1) is 12.2 Å². The zero-order valence-corrected chi connectivity index (χ0v) is 10.4. The highest BCUT2D eigenvalue weighted by Gasteiger charge is 2.06. The number of rotatable bonds is 3. The minimum Gasteiger partial charge on any atom is -0.399 e. The molecule has 94 valence electrons. The maximum atomic E-state index is 5.82. The van der Waals surface area contributed by atoms with Crippen LogP contribution in [0, 0.1) is 0 Å². The summed E-state index contributed by atoms with van der Waals surface area (Å²) in [6, 6.07) is 13.6. The van der Waals surface area contributed by atoms with Gasteiger partial charge in [0.15, 0.2) is 0 Å². The number of imidazole rings is 1. The molecule has 0 aliphatic carbocycles. The van der Waals surface area contributed by atoms with E-state index in [1.807, 2.05) is 48.7 Å². The molecule has 0 radical (unpaired) electrons. The third kappa shape index (κ3) is 2.47. The quantitative estimate of drug-likeness (QED) is 0.727. The molecule has 0 aliphatic rings. The van der Waals surface area contributed by atoms with Crippen molar-refractivity contribution in [1.29, 1.82) is 0 Å². The predicted molar refractivity (Wildman–Crippen MR) is 75.4 cm³/mol. The average molecular weight is 250 g/mol. The van der Waals surface area contributed by atoms with Gasteiger partial charge in [0, 0.05) is 29.8 Å². The van der Waals surface area contributed by atoms with Crippen LogP contribution >= 0.6 is 0 Å². The molecule has 4 nitrogen and oxygen atoms in total. The molecule has 0 saturated heterocycles. The van der Waals surface area contributed by atoms with E-state index < -0.39 is 0 Å². The van der Waals surface area contributed by atoms with Crippen LogP contribution in [0.1, 0.15) is 5.69 Å². The molecule has 0 spiro atoms. The molecule has 19 heavy (non-hydrogen) atoms. The topological polar surface area (TPSA) is 56.7 Å². The summed E-state index contributed by atoms with van der Waals surface area (Å²) >= 11 is 0. The lowest BCUT2D eigenvalue weighted by Crippen LogP contribution is -2.02.